The maximum atomic E-state index is 11.5. The number of nitrogen functional groups attached to an aromatic ring is 1. The van der Waals surface area contributed by atoms with Gasteiger partial charge < -0.3 is 16.0 Å². The van der Waals surface area contributed by atoms with Crippen LogP contribution in [0, 0.1) is 11.3 Å². The van der Waals surface area contributed by atoms with Crippen molar-refractivity contribution in [2.45, 2.75) is 45.7 Å². The average Bonchev–Trinajstić information content (AvgIpc) is 2.43. The second-order valence-electron chi connectivity index (χ2n) is 6.85. The van der Waals surface area contributed by atoms with Gasteiger partial charge in [0.15, 0.2) is 0 Å². The van der Waals surface area contributed by atoms with Crippen molar-refractivity contribution in [1.82, 2.24) is 15.3 Å². The van der Waals surface area contributed by atoms with Gasteiger partial charge in [-0.2, -0.15) is 4.98 Å². The van der Waals surface area contributed by atoms with E-state index in [1.807, 2.05) is 0 Å². The molecule has 3 unspecified atom stereocenters. The van der Waals surface area contributed by atoms with Gasteiger partial charge in [-0.3, -0.25) is 4.79 Å². The van der Waals surface area contributed by atoms with E-state index in [1.54, 1.807) is 13.0 Å². The van der Waals surface area contributed by atoms with Gasteiger partial charge in [-0.05, 0) is 12.8 Å². The number of anilines is 2. The Hall–Kier alpha value is -1.56. The van der Waals surface area contributed by atoms with Gasteiger partial charge in [0.25, 0.3) is 0 Å². The van der Waals surface area contributed by atoms with Gasteiger partial charge in [0.05, 0.1) is 0 Å². The lowest BCUT2D eigenvalue weighted by Gasteiger charge is -2.64. The number of carbonyl (C=O) groups excluding carboxylic acids is 1. The lowest BCUT2D eigenvalue weighted by molar-refractivity contribution is -0.125. The molecule has 1 aromatic rings. The van der Waals surface area contributed by atoms with Crippen LogP contribution in [0.15, 0.2) is 6.07 Å². The van der Waals surface area contributed by atoms with E-state index < -0.39 is 0 Å². The third-order valence-electron chi connectivity index (χ3n) is 5.02. The molecule has 1 aliphatic heterocycles. The van der Waals surface area contributed by atoms with E-state index in [0.717, 1.165) is 25.2 Å². The van der Waals surface area contributed by atoms with E-state index >= 15 is 0 Å². The SMILES string of the molecule is CC(=O)NC1C2CCCN(c3cc(Cl)nc(N)n3)C2C1(C)C. The van der Waals surface area contributed by atoms with Crippen LogP contribution in [0.4, 0.5) is 11.8 Å². The predicted molar refractivity (Wildman–Crippen MR) is 86.7 cm³/mol. The van der Waals surface area contributed by atoms with Gasteiger partial charge in [0.1, 0.15) is 11.0 Å². The zero-order chi connectivity index (χ0) is 16.1. The number of fused-ring (bicyclic) bond motifs is 1. The Bertz CT molecular complexity index is 585. The van der Waals surface area contributed by atoms with Crippen molar-refractivity contribution in [2.75, 3.05) is 17.2 Å². The predicted octanol–water partition coefficient (Wildman–Crippen LogP) is 1.84. The summed E-state index contributed by atoms with van der Waals surface area (Å²) in [6, 6.07) is 2.29. The summed E-state index contributed by atoms with van der Waals surface area (Å²) in [5.41, 5.74) is 5.71. The lowest BCUT2D eigenvalue weighted by Crippen LogP contribution is -2.74. The molecule has 1 saturated heterocycles. The first-order valence-electron chi connectivity index (χ1n) is 7.64. The number of rotatable bonds is 2. The summed E-state index contributed by atoms with van der Waals surface area (Å²) in [5.74, 6) is 1.44. The minimum Gasteiger partial charge on any atom is -0.368 e. The molecular formula is C15H22ClN5O. The number of hydrogen-bond donors (Lipinski definition) is 2. The Balaban J connectivity index is 1.90. The van der Waals surface area contributed by atoms with E-state index in [4.69, 9.17) is 17.3 Å². The molecule has 1 aromatic heterocycles. The second-order valence-corrected chi connectivity index (χ2v) is 7.24. The number of nitrogens with zero attached hydrogens (tertiary/aromatic N) is 3. The van der Waals surface area contributed by atoms with Crippen LogP contribution in [0.2, 0.25) is 5.15 Å². The number of halogens is 1. The third-order valence-corrected chi connectivity index (χ3v) is 5.22. The van der Waals surface area contributed by atoms with Gasteiger partial charge >= 0.3 is 0 Å². The zero-order valence-corrected chi connectivity index (χ0v) is 13.9. The number of amides is 1. The molecule has 22 heavy (non-hydrogen) atoms. The zero-order valence-electron chi connectivity index (χ0n) is 13.1. The maximum absolute atomic E-state index is 11.5. The fourth-order valence-corrected chi connectivity index (χ4v) is 4.47. The molecule has 6 nitrogen and oxygen atoms in total. The third kappa shape index (κ3) is 2.39. The van der Waals surface area contributed by atoms with E-state index in [1.165, 1.54) is 0 Å². The molecule has 120 valence electrons. The first-order chi connectivity index (χ1) is 10.3. The molecule has 3 rings (SSSR count). The molecule has 3 N–H and O–H groups in total. The Morgan fingerprint density at radius 2 is 2.23 bits per heavy atom. The Kier molecular flexibility index (Phi) is 3.67. The summed E-state index contributed by atoms with van der Waals surface area (Å²) in [6.45, 7) is 6.89. The van der Waals surface area contributed by atoms with Crippen LogP contribution in [0.25, 0.3) is 0 Å². The topological polar surface area (TPSA) is 84.1 Å². The summed E-state index contributed by atoms with van der Waals surface area (Å²) in [4.78, 5) is 22.0. The van der Waals surface area contributed by atoms with Crippen molar-refractivity contribution >= 4 is 29.3 Å². The summed E-state index contributed by atoms with van der Waals surface area (Å²) >= 11 is 6.03. The molecule has 0 bridgehead atoms. The standard InChI is InChI=1S/C15H22ClN5O/c1-8(22)18-12-9-5-4-6-21(13(9)15(12,2)3)11-7-10(16)19-14(17)20-11/h7,9,12-13H,4-6H2,1-3H3,(H,18,22)(H2,17,19,20). The number of hydrogen-bond acceptors (Lipinski definition) is 5. The minimum atomic E-state index is -0.0249. The normalized spacial score (nSPS) is 29.5. The molecule has 2 fully saturated rings. The van der Waals surface area contributed by atoms with Crippen LogP contribution in [0.1, 0.15) is 33.6 Å². The highest BCUT2D eigenvalue weighted by molar-refractivity contribution is 6.29. The number of piperidine rings is 1. The lowest BCUT2D eigenvalue weighted by atomic mass is 9.52. The van der Waals surface area contributed by atoms with Crippen molar-refractivity contribution < 1.29 is 4.79 Å². The van der Waals surface area contributed by atoms with Gasteiger partial charge in [0, 0.05) is 43.0 Å². The first kappa shape index (κ1) is 15.3. The van der Waals surface area contributed by atoms with Gasteiger partial charge in [-0.15, -0.1) is 0 Å². The fourth-order valence-electron chi connectivity index (χ4n) is 4.28. The molecule has 3 atom stereocenters. The van der Waals surface area contributed by atoms with Crippen LogP contribution in [0.3, 0.4) is 0 Å². The Labute approximate surface area is 135 Å². The summed E-state index contributed by atoms with van der Waals surface area (Å²) in [5, 5.41) is 3.48. The van der Waals surface area contributed by atoms with E-state index in [2.05, 4.69) is 34.0 Å². The van der Waals surface area contributed by atoms with E-state index in [0.29, 0.717) is 17.1 Å². The number of nitrogens with one attached hydrogen (secondary N) is 1. The highest BCUT2D eigenvalue weighted by Crippen LogP contribution is 2.53. The largest absolute Gasteiger partial charge is 0.368 e. The molecule has 1 saturated carbocycles. The molecule has 0 spiro atoms. The molecule has 1 aliphatic carbocycles. The maximum Gasteiger partial charge on any atom is 0.223 e. The smallest absolute Gasteiger partial charge is 0.223 e. The molecule has 0 radical (unpaired) electrons. The van der Waals surface area contributed by atoms with Crippen LogP contribution in [-0.4, -0.2) is 34.5 Å². The molecular weight excluding hydrogens is 302 g/mol. The molecule has 2 heterocycles. The Morgan fingerprint density at radius 3 is 2.86 bits per heavy atom. The van der Waals surface area contributed by atoms with Gasteiger partial charge in [-0.25, -0.2) is 4.98 Å². The van der Waals surface area contributed by atoms with Crippen molar-refractivity contribution in [3.63, 3.8) is 0 Å². The van der Waals surface area contributed by atoms with Crippen LogP contribution in [-0.2, 0) is 4.79 Å². The van der Waals surface area contributed by atoms with Crippen LogP contribution >= 0.6 is 11.6 Å². The van der Waals surface area contributed by atoms with Crippen molar-refractivity contribution in [3.05, 3.63) is 11.2 Å². The van der Waals surface area contributed by atoms with Gasteiger partial charge in [0.2, 0.25) is 11.9 Å². The van der Waals surface area contributed by atoms with E-state index in [9.17, 15) is 4.79 Å². The second kappa shape index (κ2) is 5.26. The molecule has 2 aliphatic rings. The summed E-state index contributed by atoms with van der Waals surface area (Å²) in [6.07, 6.45) is 2.18. The first-order valence-corrected chi connectivity index (χ1v) is 8.02. The summed E-state index contributed by atoms with van der Waals surface area (Å²) < 4.78 is 0. The van der Waals surface area contributed by atoms with E-state index in [-0.39, 0.29) is 23.3 Å². The number of aromatic nitrogens is 2. The van der Waals surface area contributed by atoms with Crippen LogP contribution in [0.5, 0.6) is 0 Å². The molecule has 1 amide bonds. The van der Waals surface area contributed by atoms with Crippen molar-refractivity contribution in [1.29, 1.82) is 0 Å². The molecule has 7 heteroatoms. The molecule has 0 aromatic carbocycles. The van der Waals surface area contributed by atoms with Crippen molar-refractivity contribution in [2.24, 2.45) is 11.3 Å². The summed E-state index contributed by atoms with van der Waals surface area (Å²) in [7, 11) is 0. The highest BCUT2D eigenvalue weighted by atomic mass is 35.5. The number of carbonyl (C=O) groups is 1. The monoisotopic (exact) mass is 323 g/mol. The Morgan fingerprint density at radius 1 is 1.50 bits per heavy atom. The van der Waals surface area contributed by atoms with Crippen LogP contribution < -0.4 is 16.0 Å². The van der Waals surface area contributed by atoms with Crippen molar-refractivity contribution in [3.8, 4) is 0 Å². The minimum absolute atomic E-state index is 0.0249. The fraction of sp³-hybridized carbons (Fsp3) is 0.667. The van der Waals surface area contributed by atoms with Gasteiger partial charge in [-0.1, -0.05) is 25.4 Å². The highest BCUT2D eigenvalue weighted by Gasteiger charge is 2.60. The quantitative estimate of drug-likeness (QED) is 0.811. The number of nitrogens with two attached hydrogens (primary N) is 1. The average molecular weight is 324 g/mol.